The van der Waals surface area contributed by atoms with E-state index in [0.29, 0.717) is 49.5 Å². The standard InChI is InChI=1S/C36H33BrF6N2O5/c1-18(2)25-16-26-32(34(50)45(33(26)49)24-14-21(35(38,39)40)13-22(15-24)36(41,42)43)27(17-46)31(25)30(48)8-6-19(28-5-3-4-10-44-28)11-20-12-23(37)7-9-29(20)47/h3-5,7,9-15,18,26-27,30,32,46-48H,6,8,16-17H2,1-2H3/b19-11-/t26-,27+,30-,32-/m1/s1. The van der Waals surface area contributed by atoms with E-state index in [1.807, 2.05) is 0 Å². The molecule has 3 N–H and O–H groups in total. The molecule has 1 aliphatic heterocycles. The minimum atomic E-state index is -5.20. The third-order valence-corrected chi connectivity index (χ3v) is 9.70. The number of anilines is 1. The largest absolute Gasteiger partial charge is 0.507 e. The summed E-state index contributed by atoms with van der Waals surface area (Å²) in [7, 11) is 0. The Kier molecular flexibility index (Phi) is 10.7. The van der Waals surface area contributed by atoms with Gasteiger partial charge < -0.3 is 15.3 Å². The molecule has 1 fully saturated rings. The predicted molar refractivity (Wildman–Crippen MR) is 176 cm³/mol. The number of rotatable bonds is 9. The van der Waals surface area contributed by atoms with Gasteiger partial charge in [0.15, 0.2) is 0 Å². The second-order valence-electron chi connectivity index (χ2n) is 12.7. The average molecular weight is 768 g/mol. The SMILES string of the molecule is CC(C)C1=C([C@H](O)CC/C(=C/c2cc(Br)ccc2O)c2ccccn2)[C@H](CO)[C@@H]2C(=O)N(c3cc(C(F)(F)F)cc(C(F)(F)F)c3)C(=O)[C@@H]2C1. The molecule has 2 heterocycles. The molecule has 1 saturated heterocycles. The number of benzene rings is 2. The van der Waals surface area contributed by atoms with Crippen molar-refractivity contribution in [3.63, 3.8) is 0 Å². The first-order chi connectivity index (χ1) is 23.4. The van der Waals surface area contributed by atoms with Crippen LogP contribution in [0, 0.1) is 23.7 Å². The Morgan fingerprint density at radius 2 is 1.66 bits per heavy atom. The highest BCUT2D eigenvalue weighted by atomic mass is 79.9. The van der Waals surface area contributed by atoms with Crippen LogP contribution in [0.15, 0.2) is 76.4 Å². The Bertz CT molecular complexity index is 1810. The molecule has 7 nitrogen and oxygen atoms in total. The Morgan fingerprint density at radius 1 is 1.00 bits per heavy atom. The van der Waals surface area contributed by atoms with Crippen LogP contribution in [-0.4, -0.2) is 44.8 Å². The van der Waals surface area contributed by atoms with Gasteiger partial charge in [-0.3, -0.25) is 14.6 Å². The van der Waals surface area contributed by atoms with Crippen molar-refractivity contribution in [3.05, 3.63) is 98.8 Å². The van der Waals surface area contributed by atoms with E-state index in [1.54, 1.807) is 56.5 Å². The van der Waals surface area contributed by atoms with E-state index in [4.69, 9.17) is 0 Å². The number of fused-ring (bicyclic) bond motifs is 1. The number of aliphatic hydroxyl groups excluding tert-OH is 2. The van der Waals surface area contributed by atoms with Crippen LogP contribution in [0.2, 0.25) is 0 Å². The number of carbonyl (C=O) groups is 2. The van der Waals surface area contributed by atoms with Crippen molar-refractivity contribution in [3.8, 4) is 5.75 Å². The molecule has 0 unspecified atom stereocenters. The van der Waals surface area contributed by atoms with Gasteiger partial charge in [0.05, 0.1) is 47.1 Å². The molecule has 0 bridgehead atoms. The number of allylic oxidation sites excluding steroid dienone is 2. The highest BCUT2D eigenvalue weighted by molar-refractivity contribution is 9.10. The van der Waals surface area contributed by atoms with E-state index in [9.17, 15) is 51.3 Å². The number of phenolic OH excluding ortho intramolecular Hbond substituents is 1. The van der Waals surface area contributed by atoms with Gasteiger partial charge in [0.2, 0.25) is 11.8 Å². The maximum absolute atomic E-state index is 13.9. The van der Waals surface area contributed by atoms with Crippen LogP contribution < -0.4 is 4.90 Å². The van der Waals surface area contributed by atoms with Crippen LogP contribution in [0.4, 0.5) is 32.0 Å². The third-order valence-electron chi connectivity index (χ3n) is 9.20. The van der Waals surface area contributed by atoms with Crippen LogP contribution in [0.25, 0.3) is 11.6 Å². The number of hydrogen-bond donors (Lipinski definition) is 3. The number of pyridine rings is 1. The fourth-order valence-corrected chi connectivity index (χ4v) is 7.25. The predicted octanol–water partition coefficient (Wildman–Crippen LogP) is 8.04. The molecule has 1 aromatic heterocycles. The number of aliphatic hydroxyl groups is 2. The van der Waals surface area contributed by atoms with Crippen LogP contribution in [0.5, 0.6) is 5.75 Å². The fraction of sp³-hybridized carbons (Fsp3) is 0.361. The smallest absolute Gasteiger partial charge is 0.416 e. The van der Waals surface area contributed by atoms with Gasteiger partial charge in [0, 0.05) is 22.2 Å². The number of carbonyl (C=O) groups excluding carboxylic acids is 2. The summed E-state index contributed by atoms with van der Waals surface area (Å²) in [6.45, 7) is 2.85. The lowest BCUT2D eigenvalue weighted by molar-refractivity contribution is -0.143. The van der Waals surface area contributed by atoms with Crippen molar-refractivity contribution in [2.45, 2.75) is 51.6 Å². The lowest BCUT2D eigenvalue weighted by Crippen LogP contribution is -2.40. The Hall–Kier alpha value is -4.01. The molecule has 50 heavy (non-hydrogen) atoms. The van der Waals surface area contributed by atoms with Gasteiger partial charge in [-0.05, 0) is 90.9 Å². The van der Waals surface area contributed by atoms with Crippen molar-refractivity contribution in [2.24, 2.45) is 23.7 Å². The molecule has 3 aromatic rings. The lowest BCUT2D eigenvalue weighted by Gasteiger charge is -2.38. The summed E-state index contributed by atoms with van der Waals surface area (Å²) in [5.41, 5.74) is -1.69. The van der Waals surface area contributed by atoms with Crippen LogP contribution >= 0.6 is 15.9 Å². The summed E-state index contributed by atoms with van der Waals surface area (Å²) in [5.74, 6) is -6.01. The quantitative estimate of drug-likeness (QED) is 0.116. The summed E-state index contributed by atoms with van der Waals surface area (Å²) in [6, 6.07) is 10.7. The molecule has 0 saturated carbocycles. The normalized spacial score (nSPS) is 20.9. The number of nitrogens with zero attached hydrogens (tertiary/aromatic N) is 2. The number of aromatic hydroxyl groups is 1. The zero-order valence-electron chi connectivity index (χ0n) is 26.8. The molecule has 5 rings (SSSR count). The zero-order chi connectivity index (χ0) is 36.7. The van der Waals surface area contributed by atoms with Crippen LogP contribution in [-0.2, 0) is 21.9 Å². The van der Waals surface area contributed by atoms with Crippen LogP contribution in [0.3, 0.4) is 0 Å². The minimum Gasteiger partial charge on any atom is -0.507 e. The van der Waals surface area contributed by atoms with E-state index < -0.39 is 71.4 Å². The number of halogens is 7. The van der Waals surface area contributed by atoms with Gasteiger partial charge in [-0.1, -0.05) is 41.4 Å². The van der Waals surface area contributed by atoms with Crippen molar-refractivity contribution in [1.82, 2.24) is 4.98 Å². The molecule has 2 aromatic carbocycles. The van der Waals surface area contributed by atoms with E-state index >= 15 is 0 Å². The zero-order valence-corrected chi connectivity index (χ0v) is 28.4. The average Bonchev–Trinajstić information content (AvgIpc) is 3.31. The monoisotopic (exact) mass is 766 g/mol. The second-order valence-corrected chi connectivity index (χ2v) is 13.6. The molecule has 0 radical (unpaired) electrons. The first kappa shape index (κ1) is 37.3. The number of aromatic nitrogens is 1. The number of amides is 2. The summed E-state index contributed by atoms with van der Waals surface area (Å²) in [4.78, 5) is 32.4. The van der Waals surface area contributed by atoms with Crippen molar-refractivity contribution in [2.75, 3.05) is 11.5 Å². The van der Waals surface area contributed by atoms with E-state index in [2.05, 4.69) is 20.9 Å². The van der Waals surface area contributed by atoms with Gasteiger partial charge in [-0.25, -0.2) is 4.90 Å². The van der Waals surface area contributed by atoms with Crippen molar-refractivity contribution in [1.29, 1.82) is 0 Å². The molecule has 14 heteroatoms. The summed E-state index contributed by atoms with van der Waals surface area (Å²) < 4.78 is 82.7. The Balaban J connectivity index is 1.50. The van der Waals surface area contributed by atoms with Gasteiger partial charge in [-0.15, -0.1) is 0 Å². The van der Waals surface area contributed by atoms with Gasteiger partial charge in [-0.2, -0.15) is 26.3 Å². The summed E-state index contributed by atoms with van der Waals surface area (Å²) in [6.07, 6.45) is -8.22. The molecule has 266 valence electrons. The van der Waals surface area contributed by atoms with Crippen LogP contribution in [0.1, 0.15) is 55.5 Å². The van der Waals surface area contributed by atoms with Gasteiger partial charge in [0.25, 0.3) is 0 Å². The summed E-state index contributed by atoms with van der Waals surface area (Å²) >= 11 is 3.39. The Labute approximate surface area is 292 Å². The molecular weight excluding hydrogens is 734 g/mol. The second kappa shape index (κ2) is 14.3. The summed E-state index contributed by atoms with van der Waals surface area (Å²) in [5, 5.41) is 32.9. The molecular formula is C36H33BrF6N2O5. The van der Waals surface area contributed by atoms with E-state index in [1.165, 1.54) is 6.07 Å². The highest BCUT2D eigenvalue weighted by Gasteiger charge is 2.56. The van der Waals surface area contributed by atoms with Crippen molar-refractivity contribution < 1.29 is 51.3 Å². The number of imide groups is 1. The molecule has 1 aliphatic carbocycles. The lowest BCUT2D eigenvalue weighted by atomic mass is 9.66. The number of phenols is 1. The molecule has 4 atom stereocenters. The molecule has 0 spiro atoms. The number of alkyl halides is 6. The van der Waals surface area contributed by atoms with E-state index in [0.717, 1.165) is 0 Å². The van der Waals surface area contributed by atoms with Gasteiger partial charge >= 0.3 is 12.4 Å². The highest BCUT2D eigenvalue weighted by Crippen LogP contribution is 2.50. The van der Waals surface area contributed by atoms with Crippen molar-refractivity contribution >= 4 is 45.1 Å². The first-order valence-electron chi connectivity index (χ1n) is 15.7. The Morgan fingerprint density at radius 3 is 2.22 bits per heavy atom. The molecule has 2 amide bonds. The minimum absolute atomic E-state index is 0.00254. The first-order valence-corrected chi connectivity index (χ1v) is 16.5. The topological polar surface area (TPSA) is 111 Å². The maximum atomic E-state index is 13.9. The third kappa shape index (κ3) is 7.52. The van der Waals surface area contributed by atoms with E-state index in [-0.39, 0.29) is 37.0 Å². The molecule has 2 aliphatic rings. The van der Waals surface area contributed by atoms with Gasteiger partial charge in [0.1, 0.15) is 5.75 Å². The maximum Gasteiger partial charge on any atom is 0.416 e. The fourth-order valence-electron chi connectivity index (χ4n) is 6.87. The number of hydrogen-bond acceptors (Lipinski definition) is 6.